The molecule has 1 rings (SSSR count). The molecule has 0 fully saturated rings. The SMILES string of the molecule is CCNc1nc(C)cc(NCC(O)C(C)C)n1. The molecule has 17 heavy (non-hydrogen) atoms. The van der Waals surface area contributed by atoms with Crippen LogP contribution in [-0.2, 0) is 0 Å². The highest BCUT2D eigenvalue weighted by molar-refractivity contribution is 5.42. The topological polar surface area (TPSA) is 70.1 Å². The van der Waals surface area contributed by atoms with E-state index in [2.05, 4.69) is 20.6 Å². The van der Waals surface area contributed by atoms with Gasteiger partial charge in [-0.05, 0) is 19.8 Å². The van der Waals surface area contributed by atoms with E-state index in [-0.39, 0.29) is 12.0 Å². The smallest absolute Gasteiger partial charge is 0.224 e. The minimum Gasteiger partial charge on any atom is -0.391 e. The number of aromatic nitrogens is 2. The molecule has 0 spiro atoms. The Hall–Kier alpha value is -1.36. The summed E-state index contributed by atoms with van der Waals surface area (Å²) in [5.74, 6) is 1.60. The monoisotopic (exact) mass is 238 g/mol. The summed E-state index contributed by atoms with van der Waals surface area (Å²) in [6.07, 6.45) is -0.368. The quantitative estimate of drug-likeness (QED) is 0.703. The largest absolute Gasteiger partial charge is 0.391 e. The number of hydrogen-bond acceptors (Lipinski definition) is 5. The number of nitrogens with zero attached hydrogens (tertiary/aromatic N) is 2. The Bertz CT molecular complexity index is 354. The Morgan fingerprint density at radius 1 is 1.29 bits per heavy atom. The summed E-state index contributed by atoms with van der Waals surface area (Å²) in [4.78, 5) is 8.57. The second-order valence-electron chi connectivity index (χ2n) is 4.44. The highest BCUT2D eigenvalue weighted by atomic mass is 16.3. The molecule has 0 aromatic carbocycles. The Morgan fingerprint density at radius 2 is 2.00 bits per heavy atom. The van der Waals surface area contributed by atoms with Gasteiger partial charge in [-0.15, -0.1) is 0 Å². The molecule has 5 nitrogen and oxygen atoms in total. The first-order valence-electron chi connectivity index (χ1n) is 6.04. The molecular weight excluding hydrogens is 216 g/mol. The lowest BCUT2D eigenvalue weighted by Gasteiger charge is -2.16. The van der Waals surface area contributed by atoms with Crippen molar-refractivity contribution < 1.29 is 5.11 Å². The molecule has 1 heterocycles. The average molecular weight is 238 g/mol. The molecule has 1 atom stereocenters. The van der Waals surface area contributed by atoms with Crippen molar-refractivity contribution in [1.29, 1.82) is 0 Å². The van der Waals surface area contributed by atoms with E-state index < -0.39 is 0 Å². The van der Waals surface area contributed by atoms with Crippen LogP contribution < -0.4 is 10.6 Å². The van der Waals surface area contributed by atoms with Crippen LogP contribution >= 0.6 is 0 Å². The van der Waals surface area contributed by atoms with Crippen LogP contribution in [0.1, 0.15) is 26.5 Å². The van der Waals surface area contributed by atoms with Gasteiger partial charge in [0.1, 0.15) is 5.82 Å². The zero-order chi connectivity index (χ0) is 12.8. The highest BCUT2D eigenvalue weighted by Crippen LogP contribution is 2.10. The van der Waals surface area contributed by atoms with Crippen LogP contribution in [0.4, 0.5) is 11.8 Å². The van der Waals surface area contributed by atoms with E-state index in [0.29, 0.717) is 12.5 Å². The summed E-state index contributed by atoms with van der Waals surface area (Å²) in [7, 11) is 0. The maximum atomic E-state index is 9.71. The van der Waals surface area contributed by atoms with Crippen molar-refractivity contribution in [2.45, 2.75) is 33.8 Å². The van der Waals surface area contributed by atoms with E-state index in [9.17, 15) is 5.11 Å². The maximum absolute atomic E-state index is 9.71. The first kappa shape index (κ1) is 13.7. The van der Waals surface area contributed by atoms with Crippen molar-refractivity contribution >= 4 is 11.8 Å². The molecular formula is C12H22N4O. The average Bonchev–Trinajstić information content (AvgIpc) is 2.25. The Kier molecular flexibility index (Phi) is 5.15. The lowest BCUT2D eigenvalue weighted by Crippen LogP contribution is -2.25. The Morgan fingerprint density at radius 3 is 2.59 bits per heavy atom. The fourth-order valence-corrected chi connectivity index (χ4v) is 1.34. The van der Waals surface area contributed by atoms with Gasteiger partial charge in [-0.1, -0.05) is 13.8 Å². The van der Waals surface area contributed by atoms with Gasteiger partial charge >= 0.3 is 0 Å². The molecule has 1 unspecified atom stereocenters. The second kappa shape index (κ2) is 6.39. The summed E-state index contributed by atoms with van der Waals surface area (Å²) in [5, 5.41) is 15.9. The number of anilines is 2. The van der Waals surface area contributed by atoms with Gasteiger partial charge in [-0.25, -0.2) is 4.98 Å². The summed E-state index contributed by atoms with van der Waals surface area (Å²) in [6, 6.07) is 1.87. The molecule has 0 aliphatic heterocycles. The first-order chi connectivity index (χ1) is 8.02. The van der Waals surface area contributed by atoms with E-state index in [4.69, 9.17) is 0 Å². The molecule has 3 N–H and O–H groups in total. The molecule has 0 bridgehead atoms. The fourth-order valence-electron chi connectivity index (χ4n) is 1.34. The molecule has 0 amide bonds. The number of aryl methyl sites for hydroxylation is 1. The molecule has 96 valence electrons. The predicted molar refractivity (Wildman–Crippen MR) is 70.3 cm³/mol. The van der Waals surface area contributed by atoms with Gasteiger partial charge in [-0.3, -0.25) is 0 Å². The zero-order valence-corrected chi connectivity index (χ0v) is 11.0. The first-order valence-corrected chi connectivity index (χ1v) is 6.04. The molecule has 1 aromatic rings. The summed E-state index contributed by atoms with van der Waals surface area (Å²) in [5.41, 5.74) is 0.900. The van der Waals surface area contributed by atoms with Crippen molar-refractivity contribution in [3.8, 4) is 0 Å². The molecule has 0 aliphatic rings. The van der Waals surface area contributed by atoms with Crippen molar-refractivity contribution in [2.75, 3.05) is 23.7 Å². The standard InChI is InChI=1S/C12H22N4O/c1-5-13-12-15-9(4)6-11(16-12)14-7-10(17)8(2)3/h6,8,10,17H,5,7H2,1-4H3,(H2,13,14,15,16). The van der Waals surface area contributed by atoms with Crippen LogP contribution in [0.5, 0.6) is 0 Å². The lowest BCUT2D eigenvalue weighted by molar-refractivity contribution is 0.138. The van der Waals surface area contributed by atoms with Crippen LogP contribution in [0, 0.1) is 12.8 Å². The molecule has 0 saturated carbocycles. The number of aliphatic hydroxyl groups is 1. The van der Waals surface area contributed by atoms with E-state index in [1.807, 2.05) is 33.8 Å². The lowest BCUT2D eigenvalue weighted by atomic mass is 10.1. The van der Waals surface area contributed by atoms with Gasteiger partial charge < -0.3 is 15.7 Å². The summed E-state index contributed by atoms with van der Waals surface area (Å²) < 4.78 is 0. The third kappa shape index (κ3) is 4.56. The van der Waals surface area contributed by atoms with Crippen molar-refractivity contribution in [1.82, 2.24) is 9.97 Å². The minimum atomic E-state index is -0.368. The third-order valence-electron chi connectivity index (χ3n) is 2.45. The molecule has 0 aliphatic carbocycles. The zero-order valence-electron chi connectivity index (χ0n) is 11.0. The molecule has 1 aromatic heterocycles. The van der Waals surface area contributed by atoms with Crippen molar-refractivity contribution in [3.05, 3.63) is 11.8 Å². The van der Waals surface area contributed by atoms with Crippen molar-refractivity contribution in [2.24, 2.45) is 5.92 Å². The van der Waals surface area contributed by atoms with Gasteiger partial charge in [0.05, 0.1) is 6.10 Å². The fraction of sp³-hybridized carbons (Fsp3) is 0.667. The van der Waals surface area contributed by atoms with Gasteiger partial charge in [-0.2, -0.15) is 4.98 Å². The summed E-state index contributed by atoms with van der Waals surface area (Å²) >= 11 is 0. The van der Waals surface area contributed by atoms with E-state index in [1.54, 1.807) is 0 Å². The van der Waals surface area contributed by atoms with Crippen LogP contribution in [-0.4, -0.2) is 34.3 Å². The highest BCUT2D eigenvalue weighted by Gasteiger charge is 2.09. The van der Waals surface area contributed by atoms with Crippen LogP contribution in [0.15, 0.2) is 6.07 Å². The summed E-state index contributed by atoms with van der Waals surface area (Å²) in [6.45, 7) is 9.19. The molecule has 5 heteroatoms. The van der Waals surface area contributed by atoms with Gasteiger partial charge in [0, 0.05) is 24.8 Å². The van der Waals surface area contributed by atoms with Crippen molar-refractivity contribution in [3.63, 3.8) is 0 Å². The van der Waals surface area contributed by atoms with E-state index >= 15 is 0 Å². The maximum Gasteiger partial charge on any atom is 0.224 e. The Balaban J connectivity index is 2.64. The number of aliphatic hydroxyl groups excluding tert-OH is 1. The number of hydrogen-bond donors (Lipinski definition) is 3. The van der Waals surface area contributed by atoms with Crippen LogP contribution in [0.2, 0.25) is 0 Å². The predicted octanol–water partition coefficient (Wildman–Crippen LogP) is 1.65. The normalized spacial score (nSPS) is 12.6. The van der Waals surface area contributed by atoms with E-state index in [1.165, 1.54) is 0 Å². The Labute approximate surface area is 103 Å². The number of rotatable bonds is 6. The van der Waals surface area contributed by atoms with Gasteiger partial charge in [0.25, 0.3) is 0 Å². The van der Waals surface area contributed by atoms with Gasteiger partial charge in [0.15, 0.2) is 0 Å². The third-order valence-corrected chi connectivity index (χ3v) is 2.45. The van der Waals surface area contributed by atoms with E-state index in [0.717, 1.165) is 18.1 Å². The molecule has 0 saturated heterocycles. The van der Waals surface area contributed by atoms with Gasteiger partial charge in [0.2, 0.25) is 5.95 Å². The minimum absolute atomic E-state index is 0.235. The van der Waals surface area contributed by atoms with Crippen LogP contribution in [0.3, 0.4) is 0 Å². The van der Waals surface area contributed by atoms with Crippen LogP contribution in [0.25, 0.3) is 0 Å². The second-order valence-corrected chi connectivity index (χ2v) is 4.44. The molecule has 0 radical (unpaired) electrons. The number of nitrogens with one attached hydrogen (secondary N) is 2.